The lowest BCUT2D eigenvalue weighted by Crippen LogP contribution is -2.44. The van der Waals surface area contributed by atoms with Gasteiger partial charge in [-0.3, -0.25) is 4.79 Å². The van der Waals surface area contributed by atoms with Crippen LogP contribution in [0.4, 0.5) is 11.5 Å². The number of azo groups is 1. The lowest BCUT2D eigenvalue weighted by atomic mass is 9.93. The van der Waals surface area contributed by atoms with Crippen LogP contribution in [0.1, 0.15) is 11.1 Å². The maximum atomic E-state index is 12.6. The molecule has 1 aromatic heterocycles. The number of carbonyl (C=O) groups excluding carboxylic acids is 1. The fraction of sp³-hybridized carbons (Fsp3) is 0.241. The quantitative estimate of drug-likeness (QED) is 0.483. The number of allylic oxidation sites excluding steroid dienone is 5. The van der Waals surface area contributed by atoms with Crippen molar-refractivity contribution < 1.29 is 9.53 Å². The SMILES string of the molecule is COc1ccc2c(c1)/C(=C/C1C=CC3=C(/C=C/c4ccc(N5CCN(C)CC5)nc4)N=NC3=C1)C(=O)N2.Cl.Cl. The van der Waals surface area contributed by atoms with Crippen LogP contribution in [0.2, 0.25) is 0 Å². The van der Waals surface area contributed by atoms with Crippen molar-refractivity contribution in [1.82, 2.24) is 9.88 Å². The zero-order valence-electron chi connectivity index (χ0n) is 21.7. The first-order valence-electron chi connectivity index (χ1n) is 12.4. The number of piperazine rings is 1. The summed E-state index contributed by atoms with van der Waals surface area (Å²) in [7, 11) is 3.77. The van der Waals surface area contributed by atoms with Gasteiger partial charge in [-0.05, 0) is 55.1 Å². The maximum Gasteiger partial charge on any atom is 0.256 e. The lowest BCUT2D eigenvalue weighted by molar-refractivity contribution is -0.110. The average Bonchev–Trinajstić information content (AvgIpc) is 3.47. The highest BCUT2D eigenvalue weighted by Gasteiger charge is 2.26. The monoisotopic (exact) mass is 564 g/mol. The number of hydrogen-bond donors (Lipinski definition) is 1. The average molecular weight is 566 g/mol. The zero-order chi connectivity index (χ0) is 25.4. The fourth-order valence-corrected chi connectivity index (χ4v) is 4.86. The highest BCUT2D eigenvalue weighted by Crippen LogP contribution is 2.38. The number of halogens is 2. The predicted octanol–water partition coefficient (Wildman–Crippen LogP) is 5.52. The number of fused-ring (bicyclic) bond motifs is 2. The number of benzene rings is 1. The second-order valence-corrected chi connectivity index (χ2v) is 9.51. The molecule has 202 valence electrons. The summed E-state index contributed by atoms with van der Waals surface area (Å²) in [4.78, 5) is 21.9. The van der Waals surface area contributed by atoms with E-state index >= 15 is 0 Å². The molecule has 10 heteroatoms. The molecule has 3 aliphatic heterocycles. The van der Waals surface area contributed by atoms with E-state index < -0.39 is 0 Å². The van der Waals surface area contributed by atoms with Crippen molar-refractivity contribution in [2.75, 3.05) is 50.6 Å². The van der Waals surface area contributed by atoms with E-state index in [-0.39, 0.29) is 36.6 Å². The molecule has 1 saturated heterocycles. The molecule has 1 N–H and O–H groups in total. The van der Waals surface area contributed by atoms with Crippen molar-refractivity contribution in [3.63, 3.8) is 0 Å². The number of methoxy groups -OCH3 is 1. The largest absolute Gasteiger partial charge is 0.497 e. The standard InChI is InChI=1S/C29H28N6O2.2ClH/c1-34-11-13-35(14-12-34)28-10-5-19(18-30-28)4-8-26-22-7-3-20(16-27(22)33-32-26)15-24-23-17-21(37-2)6-9-25(23)31-29(24)36;;/h3-10,15-18,20H,11-14H2,1-2H3,(H,31,36);2*1H/b8-4+,24-15-;;. The second kappa shape index (κ2) is 12.0. The van der Waals surface area contributed by atoms with E-state index in [1.165, 1.54) is 0 Å². The number of nitrogens with one attached hydrogen (secondary N) is 1. The number of aromatic nitrogens is 1. The highest BCUT2D eigenvalue weighted by atomic mass is 35.5. The molecule has 0 saturated carbocycles. The Bertz CT molecular complexity index is 1430. The molecule has 4 heterocycles. The van der Waals surface area contributed by atoms with Crippen LogP contribution in [0, 0.1) is 5.92 Å². The molecule has 0 bridgehead atoms. The molecule has 1 aromatic carbocycles. The van der Waals surface area contributed by atoms with Gasteiger partial charge in [-0.2, -0.15) is 5.11 Å². The van der Waals surface area contributed by atoms with E-state index in [2.05, 4.69) is 55.6 Å². The molecule has 1 atom stereocenters. The van der Waals surface area contributed by atoms with Crippen molar-refractivity contribution in [2.45, 2.75) is 0 Å². The second-order valence-electron chi connectivity index (χ2n) is 9.51. The van der Waals surface area contributed by atoms with Crippen LogP contribution >= 0.6 is 24.8 Å². The van der Waals surface area contributed by atoms with Crippen LogP contribution in [-0.4, -0.2) is 56.1 Å². The Balaban J connectivity index is 0.00000176. The van der Waals surface area contributed by atoms with Crippen molar-refractivity contribution >= 4 is 53.9 Å². The van der Waals surface area contributed by atoms with Crippen LogP contribution < -0.4 is 15.0 Å². The highest BCUT2D eigenvalue weighted by molar-refractivity contribution is 6.31. The van der Waals surface area contributed by atoms with Gasteiger partial charge < -0.3 is 19.9 Å². The summed E-state index contributed by atoms with van der Waals surface area (Å²) in [5.41, 5.74) is 5.90. The number of rotatable bonds is 5. The number of carbonyl (C=O) groups is 1. The maximum absolute atomic E-state index is 12.6. The van der Waals surface area contributed by atoms with Gasteiger partial charge >= 0.3 is 0 Å². The minimum absolute atomic E-state index is 0. The van der Waals surface area contributed by atoms with E-state index in [0.29, 0.717) is 11.3 Å². The summed E-state index contributed by atoms with van der Waals surface area (Å²) >= 11 is 0. The van der Waals surface area contributed by atoms with E-state index in [1.54, 1.807) is 7.11 Å². The number of likely N-dealkylation sites (N-methyl/N-ethyl adjacent to an activating group) is 1. The minimum Gasteiger partial charge on any atom is -0.497 e. The number of amides is 1. The van der Waals surface area contributed by atoms with Crippen molar-refractivity contribution in [3.05, 3.63) is 95.0 Å². The summed E-state index contributed by atoms with van der Waals surface area (Å²) in [5, 5.41) is 11.7. The van der Waals surface area contributed by atoms with Gasteiger partial charge in [-0.25, -0.2) is 4.98 Å². The molecule has 4 aliphatic rings. The summed E-state index contributed by atoms with van der Waals surface area (Å²) in [6, 6.07) is 9.75. The van der Waals surface area contributed by atoms with Crippen LogP contribution in [-0.2, 0) is 4.79 Å². The summed E-state index contributed by atoms with van der Waals surface area (Å²) in [6.07, 6.45) is 14.0. The Morgan fingerprint density at radius 1 is 1.05 bits per heavy atom. The summed E-state index contributed by atoms with van der Waals surface area (Å²) in [6.45, 7) is 4.11. The fourth-order valence-electron chi connectivity index (χ4n) is 4.86. The summed E-state index contributed by atoms with van der Waals surface area (Å²) in [5.74, 6) is 1.56. The van der Waals surface area contributed by atoms with Gasteiger partial charge in [0.05, 0.1) is 18.5 Å². The molecule has 8 nitrogen and oxygen atoms in total. The number of nitrogens with zero attached hydrogens (tertiary/aromatic N) is 5. The molecule has 1 amide bonds. The van der Waals surface area contributed by atoms with Crippen molar-refractivity contribution in [2.24, 2.45) is 16.1 Å². The Hall–Kier alpha value is -3.72. The van der Waals surface area contributed by atoms with Gasteiger partial charge in [-0.15, -0.1) is 29.9 Å². The molecular formula is C29H30Cl2N6O2. The first-order valence-corrected chi connectivity index (χ1v) is 12.4. The van der Waals surface area contributed by atoms with Gasteiger partial charge in [0.1, 0.15) is 11.6 Å². The van der Waals surface area contributed by atoms with E-state index in [0.717, 1.165) is 65.8 Å². The minimum atomic E-state index is -0.111. The molecular weight excluding hydrogens is 535 g/mol. The normalized spacial score (nSPS) is 20.9. The Kier molecular flexibility index (Phi) is 8.70. The topological polar surface area (TPSA) is 82.4 Å². The molecule has 1 fully saturated rings. The zero-order valence-corrected chi connectivity index (χ0v) is 23.3. The Morgan fingerprint density at radius 3 is 2.62 bits per heavy atom. The third-order valence-corrected chi connectivity index (χ3v) is 7.05. The molecule has 1 unspecified atom stereocenters. The van der Waals surface area contributed by atoms with Gasteiger partial charge in [-0.1, -0.05) is 24.3 Å². The Morgan fingerprint density at radius 2 is 1.87 bits per heavy atom. The van der Waals surface area contributed by atoms with Crippen LogP contribution in [0.5, 0.6) is 5.75 Å². The van der Waals surface area contributed by atoms with E-state index in [4.69, 9.17) is 4.74 Å². The first kappa shape index (κ1) is 28.3. The predicted molar refractivity (Wildman–Crippen MR) is 160 cm³/mol. The van der Waals surface area contributed by atoms with Crippen LogP contribution in [0.3, 0.4) is 0 Å². The third-order valence-electron chi connectivity index (χ3n) is 7.05. The molecule has 0 spiro atoms. The van der Waals surface area contributed by atoms with Gasteiger partial charge in [0.15, 0.2) is 0 Å². The van der Waals surface area contributed by atoms with Crippen LogP contribution in [0.25, 0.3) is 11.6 Å². The van der Waals surface area contributed by atoms with Gasteiger partial charge in [0, 0.05) is 60.7 Å². The molecule has 2 aromatic rings. The lowest BCUT2D eigenvalue weighted by Gasteiger charge is -2.33. The van der Waals surface area contributed by atoms with Crippen molar-refractivity contribution in [1.29, 1.82) is 0 Å². The third kappa shape index (κ3) is 5.83. The Labute approximate surface area is 240 Å². The number of anilines is 2. The van der Waals surface area contributed by atoms with Crippen molar-refractivity contribution in [3.8, 4) is 5.75 Å². The molecule has 1 aliphatic carbocycles. The number of pyridine rings is 1. The smallest absolute Gasteiger partial charge is 0.256 e. The molecule has 6 rings (SSSR count). The number of ether oxygens (including phenoxy) is 1. The number of hydrogen-bond acceptors (Lipinski definition) is 7. The van der Waals surface area contributed by atoms with E-state index in [1.807, 2.05) is 54.8 Å². The van der Waals surface area contributed by atoms with Gasteiger partial charge in [0.2, 0.25) is 0 Å². The van der Waals surface area contributed by atoms with Crippen LogP contribution in [0.15, 0.2) is 94.1 Å². The molecule has 39 heavy (non-hydrogen) atoms. The molecule has 0 radical (unpaired) electrons. The van der Waals surface area contributed by atoms with Gasteiger partial charge in [0.25, 0.3) is 5.91 Å². The first-order chi connectivity index (χ1) is 18.1. The van der Waals surface area contributed by atoms with E-state index in [9.17, 15) is 4.79 Å². The summed E-state index contributed by atoms with van der Waals surface area (Å²) < 4.78 is 5.33.